The van der Waals surface area contributed by atoms with Gasteiger partial charge in [-0.1, -0.05) is 13.8 Å². The predicted molar refractivity (Wildman–Crippen MR) is 75.9 cm³/mol. The molecule has 0 aliphatic carbocycles. The Balaban J connectivity index is 2.02. The first-order valence-corrected chi connectivity index (χ1v) is 7.10. The second-order valence-corrected chi connectivity index (χ2v) is 5.59. The molecule has 0 aromatic carbocycles. The van der Waals surface area contributed by atoms with Gasteiger partial charge in [0, 0.05) is 18.4 Å². The Morgan fingerprint density at radius 1 is 1.53 bits per heavy atom. The normalized spacial score (nSPS) is 21.1. The minimum Gasteiger partial charge on any atom is -0.349 e. The summed E-state index contributed by atoms with van der Waals surface area (Å²) < 4.78 is 0. The van der Waals surface area contributed by atoms with Crippen molar-refractivity contribution in [3.05, 3.63) is 30.1 Å². The van der Waals surface area contributed by atoms with Gasteiger partial charge in [0.15, 0.2) is 0 Å². The number of piperidine rings is 1. The fourth-order valence-electron chi connectivity index (χ4n) is 2.75. The number of rotatable bonds is 4. The molecule has 1 amide bonds. The maximum Gasteiger partial charge on any atom is 0.253 e. The maximum absolute atomic E-state index is 12.2. The van der Waals surface area contributed by atoms with Crippen molar-refractivity contribution >= 4 is 5.91 Å². The van der Waals surface area contributed by atoms with E-state index in [-0.39, 0.29) is 11.9 Å². The summed E-state index contributed by atoms with van der Waals surface area (Å²) in [6.07, 6.45) is 5.67. The minimum atomic E-state index is -0.0163. The van der Waals surface area contributed by atoms with E-state index in [4.69, 9.17) is 0 Å². The van der Waals surface area contributed by atoms with Crippen LogP contribution in [0.2, 0.25) is 0 Å². The molecule has 2 unspecified atom stereocenters. The number of amides is 1. The number of hydrogen-bond acceptors (Lipinski definition) is 3. The molecule has 0 saturated carbocycles. The number of nitrogens with one attached hydrogen (secondary N) is 2. The largest absolute Gasteiger partial charge is 0.349 e. The third-order valence-electron chi connectivity index (χ3n) is 3.78. The standard InChI is InChI=1S/C15H23N3O/c1-11(2)14(12-5-3-7-16-9-12)18-15(19)13-6-4-8-17-10-13/h4,6,8,10-12,14,16H,3,5,7,9H2,1-2H3,(H,18,19). The average molecular weight is 261 g/mol. The summed E-state index contributed by atoms with van der Waals surface area (Å²) in [5.74, 6) is 0.942. The van der Waals surface area contributed by atoms with Gasteiger partial charge in [-0.15, -0.1) is 0 Å². The maximum atomic E-state index is 12.2. The van der Waals surface area contributed by atoms with Crippen LogP contribution >= 0.6 is 0 Å². The highest BCUT2D eigenvalue weighted by molar-refractivity contribution is 5.94. The van der Waals surface area contributed by atoms with Crippen molar-refractivity contribution in [2.24, 2.45) is 11.8 Å². The van der Waals surface area contributed by atoms with E-state index in [9.17, 15) is 4.79 Å². The van der Waals surface area contributed by atoms with E-state index in [2.05, 4.69) is 29.5 Å². The number of pyridine rings is 1. The van der Waals surface area contributed by atoms with Crippen LogP contribution in [0.3, 0.4) is 0 Å². The lowest BCUT2D eigenvalue weighted by molar-refractivity contribution is 0.0895. The number of nitrogens with zero attached hydrogens (tertiary/aromatic N) is 1. The molecule has 104 valence electrons. The van der Waals surface area contributed by atoms with E-state index in [1.54, 1.807) is 24.5 Å². The molecule has 4 nitrogen and oxygen atoms in total. The summed E-state index contributed by atoms with van der Waals surface area (Å²) in [7, 11) is 0. The summed E-state index contributed by atoms with van der Waals surface area (Å²) in [5.41, 5.74) is 0.636. The molecule has 2 atom stereocenters. The predicted octanol–water partition coefficient (Wildman–Crippen LogP) is 1.84. The van der Waals surface area contributed by atoms with Gasteiger partial charge < -0.3 is 10.6 Å². The van der Waals surface area contributed by atoms with E-state index in [1.165, 1.54) is 12.8 Å². The summed E-state index contributed by atoms with van der Waals surface area (Å²) in [6.45, 7) is 6.43. The molecular weight excluding hydrogens is 238 g/mol. The molecule has 0 bridgehead atoms. The summed E-state index contributed by atoms with van der Waals surface area (Å²) in [5, 5.41) is 6.60. The van der Waals surface area contributed by atoms with E-state index in [1.807, 2.05) is 0 Å². The van der Waals surface area contributed by atoms with E-state index in [0.29, 0.717) is 17.4 Å². The SMILES string of the molecule is CC(C)C(NC(=O)c1cccnc1)C1CCCNC1. The Labute approximate surface area is 115 Å². The highest BCUT2D eigenvalue weighted by Crippen LogP contribution is 2.20. The molecule has 2 heterocycles. The zero-order chi connectivity index (χ0) is 13.7. The fraction of sp³-hybridized carbons (Fsp3) is 0.600. The first kappa shape index (κ1) is 14.0. The molecule has 2 N–H and O–H groups in total. The van der Waals surface area contributed by atoms with Crippen molar-refractivity contribution in [3.8, 4) is 0 Å². The molecular formula is C15H23N3O. The van der Waals surface area contributed by atoms with Crippen LogP contribution < -0.4 is 10.6 Å². The van der Waals surface area contributed by atoms with Crippen LogP contribution in [-0.4, -0.2) is 30.0 Å². The molecule has 1 aliphatic rings. The molecule has 19 heavy (non-hydrogen) atoms. The summed E-state index contributed by atoms with van der Waals surface area (Å²) in [6, 6.07) is 3.82. The molecule has 1 aromatic heterocycles. The van der Waals surface area contributed by atoms with Crippen LogP contribution in [-0.2, 0) is 0 Å². The second kappa shape index (κ2) is 6.66. The Morgan fingerprint density at radius 3 is 2.95 bits per heavy atom. The highest BCUT2D eigenvalue weighted by atomic mass is 16.1. The molecule has 1 fully saturated rings. The van der Waals surface area contributed by atoms with Crippen molar-refractivity contribution in [2.75, 3.05) is 13.1 Å². The number of hydrogen-bond donors (Lipinski definition) is 2. The van der Waals surface area contributed by atoms with Gasteiger partial charge in [-0.3, -0.25) is 9.78 Å². The quantitative estimate of drug-likeness (QED) is 0.869. The Bertz CT molecular complexity index is 399. The van der Waals surface area contributed by atoms with Crippen LogP contribution in [0.5, 0.6) is 0 Å². The van der Waals surface area contributed by atoms with Gasteiger partial charge in [-0.2, -0.15) is 0 Å². The molecule has 1 aliphatic heterocycles. The third kappa shape index (κ3) is 3.77. The molecule has 4 heteroatoms. The molecule has 0 radical (unpaired) electrons. The Hall–Kier alpha value is -1.42. The van der Waals surface area contributed by atoms with Gasteiger partial charge in [0.05, 0.1) is 5.56 Å². The summed E-state index contributed by atoms with van der Waals surface area (Å²) in [4.78, 5) is 16.2. The van der Waals surface area contributed by atoms with Gasteiger partial charge >= 0.3 is 0 Å². The van der Waals surface area contributed by atoms with Crippen molar-refractivity contribution < 1.29 is 4.79 Å². The number of aromatic nitrogens is 1. The van der Waals surface area contributed by atoms with E-state index in [0.717, 1.165) is 13.1 Å². The van der Waals surface area contributed by atoms with Gasteiger partial charge in [0.1, 0.15) is 0 Å². The highest BCUT2D eigenvalue weighted by Gasteiger charge is 2.27. The number of carbonyl (C=O) groups excluding carboxylic acids is 1. The van der Waals surface area contributed by atoms with Crippen molar-refractivity contribution in [3.63, 3.8) is 0 Å². The lowest BCUT2D eigenvalue weighted by atomic mass is 9.85. The van der Waals surface area contributed by atoms with Crippen LogP contribution in [0.4, 0.5) is 0 Å². The molecule has 0 spiro atoms. The fourth-order valence-corrected chi connectivity index (χ4v) is 2.75. The van der Waals surface area contributed by atoms with E-state index < -0.39 is 0 Å². The average Bonchev–Trinajstić information content (AvgIpc) is 2.46. The van der Waals surface area contributed by atoms with Crippen LogP contribution in [0.25, 0.3) is 0 Å². The minimum absolute atomic E-state index is 0.0163. The molecule has 2 rings (SSSR count). The molecule has 1 aromatic rings. The van der Waals surface area contributed by atoms with Gasteiger partial charge in [0.2, 0.25) is 0 Å². The summed E-state index contributed by atoms with van der Waals surface area (Å²) >= 11 is 0. The monoisotopic (exact) mass is 261 g/mol. The Morgan fingerprint density at radius 2 is 2.37 bits per heavy atom. The van der Waals surface area contributed by atoms with Crippen LogP contribution in [0.15, 0.2) is 24.5 Å². The van der Waals surface area contributed by atoms with Crippen molar-refractivity contribution in [2.45, 2.75) is 32.7 Å². The zero-order valence-corrected chi connectivity index (χ0v) is 11.7. The smallest absolute Gasteiger partial charge is 0.253 e. The van der Waals surface area contributed by atoms with Crippen LogP contribution in [0.1, 0.15) is 37.0 Å². The lowest BCUT2D eigenvalue weighted by Crippen LogP contribution is -2.49. The third-order valence-corrected chi connectivity index (χ3v) is 3.78. The van der Waals surface area contributed by atoms with E-state index >= 15 is 0 Å². The van der Waals surface area contributed by atoms with Gasteiger partial charge in [-0.25, -0.2) is 0 Å². The second-order valence-electron chi connectivity index (χ2n) is 5.59. The van der Waals surface area contributed by atoms with Gasteiger partial charge in [-0.05, 0) is 49.9 Å². The molecule has 1 saturated heterocycles. The Kier molecular flexibility index (Phi) is 4.91. The van der Waals surface area contributed by atoms with Crippen molar-refractivity contribution in [1.29, 1.82) is 0 Å². The first-order valence-electron chi connectivity index (χ1n) is 7.10. The topological polar surface area (TPSA) is 54.0 Å². The first-order chi connectivity index (χ1) is 9.18. The lowest BCUT2D eigenvalue weighted by Gasteiger charge is -2.34. The zero-order valence-electron chi connectivity index (χ0n) is 11.7. The van der Waals surface area contributed by atoms with Crippen LogP contribution in [0, 0.1) is 11.8 Å². The van der Waals surface area contributed by atoms with Gasteiger partial charge in [0.25, 0.3) is 5.91 Å². The number of carbonyl (C=O) groups is 1. The van der Waals surface area contributed by atoms with Crippen molar-refractivity contribution in [1.82, 2.24) is 15.6 Å².